The van der Waals surface area contributed by atoms with Crippen molar-refractivity contribution in [2.24, 2.45) is 5.73 Å². The van der Waals surface area contributed by atoms with Crippen LogP contribution in [-0.2, 0) is 15.8 Å². The number of carbonyl (C=O) groups is 3. The lowest BCUT2D eigenvalue weighted by Crippen LogP contribution is -2.42. The summed E-state index contributed by atoms with van der Waals surface area (Å²) in [6, 6.07) is 2.48. The maximum atomic E-state index is 12.8. The van der Waals surface area contributed by atoms with Gasteiger partial charge in [0.15, 0.2) is 0 Å². The van der Waals surface area contributed by atoms with Crippen LogP contribution in [-0.4, -0.2) is 28.9 Å². The normalized spacial score (nSPS) is 12.5. The Bertz CT molecular complexity index is 587. The van der Waals surface area contributed by atoms with Gasteiger partial charge >= 0.3 is 12.1 Å². The van der Waals surface area contributed by atoms with Crippen LogP contribution in [0.2, 0.25) is 0 Å². The van der Waals surface area contributed by atoms with Crippen molar-refractivity contribution >= 4 is 17.8 Å². The number of nitrogens with one attached hydrogen (secondary N) is 1. The van der Waals surface area contributed by atoms with Gasteiger partial charge in [-0.3, -0.25) is 9.59 Å². The lowest BCUT2D eigenvalue weighted by atomic mass is 10.1. The van der Waals surface area contributed by atoms with E-state index in [1.165, 1.54) is 6.07 Å². The van der Waals surface area contributed by atoms with Crippen molar-refractivity contribution in [2.45, 2.75) is 25.1 Å². The van der Waals surface area contributed by atoms with E-state index in [-0.39, 0.29) is 12.8 Å². The first kappa shape index (κ1) is 17.5. The van der Waals surface area contributed by atoms with Crippen LogP contribution in [0.1, 0.15) is 28.8 Å². The smallest absolute Gasteiger partial charge is 0.417 e. The van der Waals surface area contributed by atoms with E-state index in [2.05, 4.69) is 0 Å². The van der Waals surface area contributed by atoms with Crippen molar-refractivity contribution in [1.82, 2.24) is 5.32 Å². The van der Waals surface area contributed by atoms with Crippen LogP contribution < -0.4 is 11.1 Å². The highest BCUT2D eigenvalue weighted by Crippen LogP contribution is 2.31. The molecule has 0 aliphatic carbocycles. The summed E-state index contributed by atoms with van der Waals surface area (Å²) < 4.78 is 38.4. The summed E-state index contributed by atoms with van der Waals surface area (Å²) in [6.45, 7) is 0. The van der Waals surface area contributed by atoms with Crippen LogP contribution in [0.15, 0.2) is 24.3 Å². The molecule has 22 heavy (non-hydrogen) atoms. The first-order valence-electron chi connectivity index (χ1n) is 6.11. The molecule has 0 heterocycles. The molecule has 0 bridgehead atoms. The zero-order valence-corrected chi connectivity index (χ0v) is 11.2. The first-order chi connectivity index (χ1) is 10.1. The maximum Gasteiger partial charge on any atom is 0.417 e. The van der Waals surface area contributed by atoms with Crippen LogP contribution >= 0.6 is 0 Å². The minimum absolute atomic E-state index is 0.315. The number of halogens is 3. The molecule has 1 aromatic carbocycles. The van der Waals surface area contributed by atoms with E-state index in [0.717, 1.165) is 12.1 Å². The molecule has 0 spiro atoms. The van der Waals surface area contributed by atoms with Crippen molar-refractivity contribution < 1.29 is 32.7 Å². The molecular weight excluding hydrogens is 305 g/mol. The van der Waals surface area contributed by atoms with E-state index < -0.39 is 41.1 Å². The Morgan fingerprint density at radius 2 is 1.82 bits per heavy atom. The average Bonchev–Trinajstić information content (AvgIpc) is 2.41. The van der Waals surface area contributed by atoms with Gasteiger partial charge in [0.2, 0.25) is 5.91 Å². The van der Waals surface area contributed by atoms with Gasteiger partial charge in [0.05, 0.1) is 11.1 Å². The van der Waals surface area contributed by atoms with Gasteiger partial charge in [0, 0.05) is 6.42 Å². The summed E-state index contributed by atoms with van der Waals surface area (Å²) in [5.74, 6) is -3.44. The summed E-state index contributed by atoms with van der Waals surface area (Å²) in [4.78, 5) is 33.5. The zero-order valence-electron chi connectivity index (χ0n) is 11.2. The monoisotopic (exact) mass is 318 g/mol. The number of hydrogen-bond acceptors (Lipinski definition) is 3. The van der Waals surface area contributed by atoms with Crippen LogP contribution in [0.25, 0.3) is 0 Å². The fraction of sp³-hybridized carbons (Fsp3) is 0.308. The number of amides is 2. The van der Waals surface area contributed by atoms with Gasteiger partial charge in [-0.2, -0.15) is 13.2 Å². The van der Waals surface area contributed by atoms with E-state index >= 15 is 0 Å². The summed E-state index contributed by atoms with van der Waals surface area (Å²) in [5, 5.41) is 10.9. The number of alkyl halides is 3. The summed E-state index contributed by atoms with van der Waals surface area (Å²) in [6.07, 6.45) is -5.39. The van der Waals surface area contributed by atoms with Crippen LogP contribution in [0.3, 0.4) is 0 Å². The average molecular weight is 318 g/mol. The van der Waals surface area contributed by atoms with Gasteiger partial charge < -0.3 is 16.2 Å². The van der Waals surface area contributed by atoms with Gasteiger partial charge in [-0.15, -0.1) is 0 Å². The fourth-order valence-corrected chi connectivity index (χ4v) is 1.71. The summed E-state index contributed by atoms with van der Waals surface area (Å²) in [5.41, 5.74) is 3.00. The Kier molecular flexibility index (Phi) is 5.50. The predicted octanol–water partition coefficient (Wildman–Crippen LogP) is 1.15. The molecule has 9 heteroatoms. The van der Waals surface area contributed by atoms with Gasteiger partial charge in [-0.05, 0) is 18.6 Å². The molecule has 1 aromatic rings. The Labute approximate surface area is 123 Å². The molecule has 0 saturated carbocycles. The minimum Gasteiger partial charge on any atom is -0.480 e. The van der Waals surface area contributed by atoms with Crippen LogP contribution in [0, 0.1) is 0 Å². The Hall–Kier alpha value is -2.58. The quantitative estimate of drug-likeness (QED) is 0.731. The van der Waals surface area contributed by atoms with Crippen molar-refractivity contribution in [2.75, 3.05) is 0 Å². The number of hydrogen-bond donors (Lipinski definition) is 3. The van der Waals surface area contributed by atoms with E-state index in [9.17, 15) is 27.6 Å². The molecule has 0 aliphatic rings. The number of benzene rings is 1. The summed E-state index contributed by atoms with van der Waals surface area (Å²) >= 11 is 0. The topological polar surface area (TPSA) is 109 Å². The number of aliphatic carboxylic acids is 1. The standard InChI is InChI=1S/C13H13F3N2O4/c14-13(15,16)8-4-2-1-3-7(8)11(20)18-9(12(21)22)5-6-10(17)19/h1-4,9H,5-6H2,(H2,17,19)(H,18,20)(H,21,22). The molecule has 0 aliphatic heterocycles. The third-order valence-electron chi connectivity index (χ3n) is 2.76. The molecule has 2 amide bonds. The lowest BCUT2D eigenvalue weighted by Gasteiger charge is -2.16. The van der Waals surface area contributed by atoms with Gasteiger partial charge in [-0.25, -0.2) is 4.79 Å². The largest absolute Gasteiger partial charge is 0.480 e. The van der Waals surface area contributed by atoms with Crippen molar-refractivity contribution in [3.63, 3.8) is 0 Å². The van der Waals surface area contributed by atoms with Gasteiger partial charge in [-0.1, -0.05) is 12.1 Å². The van der Waals surface area contributed by atoms with Crippen LogP contribution in [0.5, 0.6) is 0 Å². The molecule has 6 nitrogen and oxygen atoms in total. The molecule has 4 N–H and O–H groups in total. The highest BCUT2D eigenvalue weighted by atomic mass is 19.4. The molecule has 0 fully saturated rings. The molecule has 0 radical (unpaired) electrons. The second-order valence-corrected chi connectivity index (χ2v) is 4.41. The predicted molar refractivity (Wildman–Crippen MR) is 68.8 cm³/mol. The highest BCUT2D eigenvalue weighted by molar-refractivity contribution is 5.98. The SMILES string of the molecule is NC(=O)CCC(NC(=O)c1ccccc1C(F)(F)F)C(=O)O. The number of carbonyl (C=O) groups excluding carboxylic acids is 2. The Morgan fingerprint density at radius 1 is 1.23 bits per heavy atom. The van der Waals surface area contributed by atoms with Gasteiger partial charge in [0.25, 0.3) is 5.91 Å². The third kappa shape index (κ3) is 4.76. The van der Waals surface area contributed by atoms with Gasteiger partial charge in [0.1, 0.15) is 6.04 Å². The van der Waals surface area contributed by atoms with Crippen molar-refractivity contribution in [3.05, 3.63) is 35.4 Å². The lowest BCUT2D eigenvalue weighted by molar-refractivity contribution is -0.139. The van der Waals surface area contributed by atoms with Crippen LogP contribution in [0.4, 0.5) is 13.2 Å². The number of nitrogens with two attached hydrogens (primary N) is 1. The maximum absolute atomic E-state index is 12.8. The van der Waals surface area contributed by atoms with E-state index in [1.807, 2.05) is 5.32 Å². The molecule has 120 valence electrons. The fourth-order valence-electron chi connectivity index (χ4n) is 1.71. The summed E-state index contributed by atoms with van der Waals surface area (Å²) in [7, 11) is 0. The first-order valence-corrected chi connectivity index (χ1v) is 6.11. The molecule has 1 unspecified atom stereocenters. The number of primary amides is 1. The van der Waals surface area contributed by atoms with E-state index in [1.54, 1.807) is 0 Å². The highest BCUT2D eigenvalue weighted by Gasteiger charge is 2.35. The van der Waals surface area contributed by atoms with E-state index in [0.29, 0.717) is 6.07 Å². The molecule has 0 saturated heterocycles. The number of carboxylic acid groups (broad SMARTS) is 1. The Morgan fingerprint density at radius 3 is 2.32 bits per heavy atom. The second-order valence-electron chi connectivity index (χ2n) is 4.41. The minimum atomic E-state index is -4.75. The number of carboxylic acids is 1. The Balaban J connectivity index is 2.96. The van der Waals surface area contributed by atoms with E-state index in [4.69, 9.17) is 10.8 Å². The van der Waals surface area contributed by atoms with Crippen molar-refractivity contribution in [1.29, 1.82) is 0 Å². The molecule has 1 atom stereocenters. The number of rotatable bonds is 6. The molecular formula is C13H13F3N2O4. The molecule has 0 aromatic heterocycles. The molecule has 1 rings (SSSR count). The third-order valence-corrected chi connectivity index (χ3v) is 2.76. The zero-order chi connectivity index (χ0) is 16.9. The van der Waals surface area contributed by atoms with Crippen molar-refractivity contribution in [3.8, 4) is 0 Å². The second kappa shape index (κ2) is 6.92.